The van der Waals surface area contributed by atoms with E-state index in [2.05, 4.69) is 24.1 Å². The maximum Gasteiger partial charge on any atom is 0.156 e. The van der Waals surface area contributed by atoms with Crippen molar-refractivity contribution in [3.63, 3.8) is 0 Å². The molecular weight excluding hydrogens is 260 g/mol. The summed E-state index contributed by atoms with van der Waals surface area (Å²) in [5, 5.41) is 3.60. The predicted molar refractivity (Wildman–Crippen MR) is 81.3 cm³/mol. The molecule has 1 saturated heterocycles. The Morgan fingerprint density at radius 2 is 1.79 bits per heavy atom. The number of hydrogen-bond acceptors (Lipinski definition) is 4. The van der Waals surface area contributed by atoms with E-state index in [4.69, 9.17) is 0 Å². The second-order valence-corrected chi connectivity index (χ2v) is 9.48. The normalized spacial score (nSPS) is 21.5. The van der Waals surface area contributed by atoms with Crippen LogP contribution in [-0.4, -0.2) is 55.5 Å². The number of nitrogens with zero attached hydrogens (tertiary/aromatic N) is 1. The van der Waals surface area contributed by atoms with Gasteiger partial charge in [-0.3, -0.25) is 4.90 Å². The van der Waals surface area contributed by atoms with Gasteiger partial charge in [-0.2, -0.15) is 0 Å². The molecule has 5 heteroatoms. The molecule has 0 bridgehead atoms. The van der Waals surface area contributed by atoms with Gasteiger partial charge in [-0.1, -0.05) is 13.8 Å². The lowest BCUT2D eigenvalue weighted by atomic mass is 9.90. The van der Waals surface area contributed by atoms with E-state index in [-0.39, 0.29) is 11.3 Å². The molecule has 0 radical (unpaired) electrons. The van der Waals surface area contributed by atoms with Crippen LogP contribution in [0.4, 0.5) is 0 Å². The van der Waals surface area contributed by atoms with E-state index in [9.17, 15) is 8.42 Å². The molecule has 0 saturated carbocycles. The Labute approximate surface area is 118 Å². The quantitative estimate of drug-likeness (QED) is 0.837. The highest BCUT2D eigenvalue weighted by Crippen LogP contribution is 2.21. The van der Waals surface area contributed by atoms with Crippen molar-refractivity contribution in [1.29, 1.82) is 0 Å². The van der Waals surface area contributed by atoms with Crippen LogP contribution in [-0.2, 0) is 9.84 Å². The molecule has 19 heavy (non-hydrogen) atoms. The van der Waals surface area contributed by atoms with E-state index in [1.165, 1.54) is 0 Å². The molecule has 0 atom stereocenters. The first-order valence-electron chi connectivity index (χ1n) is 7.35. The van der Waals surface area contributed by atoms with Gasteiger partial charge in [0.2, 0.25) is 0 Å². The van der Waals surface area contributed by atoms with Gasteiger partial charge in [0.25, 0.3) is 0 Å². The Balaban J connectivity index is 2.60. The minimum atomic E-state index is -3.01. The summed E-state index contributed by atoms with van der Waals surface area (Å²) in [7, 11) is -3.01. The Morgan fingerprint density at radius 3 is 2.26 bits per heavy atom. The van der Waals surface area contributed by atoms with E-state index >= 15 is 0 Å². The molecule has 1 N–H and O–H groups in total. The van der Waals surface area contributed by atoms with Crippen LogP contribution in [0.1, 0.15) is 47.5 Å². The number of hydrogen-bond donors (Lipinski definition) is 1. The van der Waals surface area contributed by atoms with Gasteiger partial charge in [0.05, 0.1) is 10.5 Å². The average molecular weight is 290 g/mol. The van der Waals surface area contributed by atoms with Crippen LogP contribution in [0, 0.1) is 0 Å². The van der Waals surface area contributed by atoms with E-state index in [0.717, 1.165) is 32.5 Å². The fraction of sp³-hybridized carbons (Fsp3) is 1.00. The molecule has 0 aliphatic carbocycles. The molecule has 0 unspecified atom stereocenters. The Morgan fingerprint density at radius 1 is 1.21 bits per heavy atom. The summed E-state index contributed by atoms with van der Waals surface area (Å²) in [6.07, 6.45) is 2.18. The van der Waals surface area contributed by atoms with Crippen LogP contribution in [0.3, 0.4) is 0 Å². The minimum Gasteiger partial charge on any atom is -0.309 e. The summed E-state index contributed by atoms with van der Waals surface area (Å²) in [6.45, 7) is 13.3. The van der Waals surface area contributed by atoms with Crippen molar-refractivity contribution >= 4 is 9.84 Å². The van der Waals surface area contributed by atoms with E-state index in [0.29, 0.717) is 6.54 Å². The van der Waals surface area contributed by atoms with Gasteiger partial charge in [0.1, 0.15) is 0 Å². The highest BCUT2D eigenvalue weighted by molar-refractivity contribution is 7.92. The molecule has 0 aromatic heterocycles. The number of piperazine rings is 1. The lowest BCUT2D eigenvalue weighted by Gasteiger charge is -2.43. The lowest BCUT2D eigenvalue weighted by molar-refractivity contribution is 0.129. The molecule has 1 rings (SSSR count). The molecule has 114 valence electrons. The topological polar surface area (TPSA) is 49.4 Å². The molecule has 0 amide bonds. The molecule has 1 aliphatic rings. The molecule has 0 spiro atoms. The van der Waals surface area contributed by atoms with Gasteiger partial charge < -0.3 is 5.32 Å². The molecular formula is C14H30N2O2S. The first kappa shape index (κ1) is 16.9. The van der Waals surface area contributed by atoms with Gasteiger partial charge in [-0.05, 0) is 33.6 Å². The van der Waals surface area contributed by atoms with Gasteiger partial charge in [-0.15, -0.1) is 0 Å². The van der Waals surface area contributed by atoms with Gasteiger partial charge in [0.15, 0.2) is 9.84 Å². The smallest absolute Gasteiger partial charge is 0.156 e. The van der Waals surface area contributed by atoms with Crippen LogP contribution >= 0.6 is 0 Å². The third-order valence-corrected chi connectivity index (χ3v) is 7.00. The van der Waals surface area contributed by atoms with E-state index < -0.39 is 14.6 Å². The fourth-order valence-corrected chi connectivity index (χ4v) is 3.62. The minimum absolute atomic E-state index is 0.170. The average Bonchev–Trinajstić information content (AvgIpc) is 2.35. The second-order valence-electron chi connectivity index (χ2n) is 6.62. The summed E-state index contributed by atoms with van der Waals surface area (Å²) >= 11 is 0. The Hall–Kier alpha value is -0.130. The molecule has 1 heterocycles. The van der Waals surface area contributed by atoms with Crippen molar-refractivity contribution in [2.75, 3.05) is 31.9 Å². The molecule has 0 aromatic carbocycles. The van der Waals surface area contributed by atoms with E-state index in [1.807, 2.05) is 0 Å². The van der Waals surface area contributed by atoms with Crippen molar-refractivity contribution in [3.05, 3.63) is 0 Å². The zero-order chi connectivity index (χ0) is 14.7. The number of nitrogens with one attached hydrogen (secondary N) is 1. The lowest BCUT2D eigenvalue weighted by Crippen LogP contribution is -2.60. The van der Waals surface area contributed by atoms with Gasteiger partial charge >= 0.3 is 0 Å². The van der Waals surface area contributed by atoms with Crippen LogP contribution in [0.25, 0.3) is 0 Å². The molecule has 1 aliphatic heterocycles. The third-order valence-electron chi connectivity index (χ3n) is 4.42. The molecule has 4 nitrogen and oxygen atoms in total. The largest absolute Gasteiger partial charge is 0.309 e. The summed E-state index contributed by atoms with van der Waals surface area (Å²) in [5.41, 5.74) is 0.170. The first-order valence-corrected chi connectivity index (χ1v) is 9.01. The zero-order valence-electron chi connectivity index (χ0n) is 13.1. The first-order chi connectivity index (χ1) is 8.66. The molecule has 0 aromatic rings. The summed E-state index contributed by atoms with van der Waals surface area (Å²) in [6, 6.07) is 0. The van der Waals surface area contributed by atoms with E-state index in [1.54, 1.807) is 20.8 Å². The summed E-state index contributed by atoms with van der Waals surface area (Å²) in [4.78, 5) is 2.30. The van der Waals surface area contributed by atoms with Gasteiger partial charge in [-0.25, -0.2) is 8.42 Å². The van der Waals surface area contributed by atoms with Crippen LogP contribution in [0.5, 0.6) is 0 Å². The van der Waals surface area contributed by atoms with Crippen molar-refractivity contribution < 1.29 is 8.42 Å². The highest BCUT2D eigenvalue weighted by Gasteiger charge is 2.34. The predicted octanol–water partition coefficient (Wildman–Crippen LogP) is 1.66. The second kappa shape index (κ2) is 6.10. The summed E-state index contributed by atoms with van der Waals surface area (Å²) in [5.74, 6) is 0.264. The SMILES string of the molecule is CCC1(CC)CN(CCS(=O)(=O)C(C)(C)C)CCN1. The Kier molecular flexibility index (Phi) is 5.43. The number of rotatable bonds is 5. The maximum atomic E-state index is 12.2. The maximum absolute atomic E-state index is 12.2. The Bertz CT molecular complexity index is 381. The monoisotopic (exact) mass is 290 g/mol. The van der Waals surface area contributed by atoms with Crippen LogP contribution < -0.4 is 5.32 Å². The van der Waals surface area contributed by atoms with Crippen LogP contribution in [0.15, 0.2) is 0 Å². The standard InChI is InChI=1S/C14H30N2O2S/c1-6-14(7-2)12-16(9-8-15-14)10-11-19(17,18)13(3,4)5/h15H,6-12H2,1-5H3. The highest BCUT2D eigenvalue weighted by atomic mass is 32.2. The number of sulfone groups is 1. The third kappa shape index (κ3) is 4.17. The fourth-order valence-electron chi connectivity index (χ4n) is 2.51. The van der Waals surface area contributed by atoms with Crippen molar-refractivity contribution in [1.82, 2.24) is 10.2 Å². The van der Waals surface area contributed by atoms with Crippen LogP contribution in [0.2, 0.25) is 0 Å². The van der Waals surface area contributed by atoms with Crippen molar-refractivity contribution in [2.45, 2.75) is 57.7 Å². The molecule has 1 fully saturated rings. The zero-order valence-corrected chi connectivity index (χ0v) is 13.9. The van der Waals surface area contributed by atoms with Gasteiger partial charge in [0, 0.05) is 31.7 Å². The van der Waals surface area contributed by atoms with Crippen molar-refractivity contribution in [3.8, 4) is 0 Å². The summed E-state index contributed by atoms with van der Waals surface area (Å²) < 4.78 is 23.7. The van der Waals surface area contributed by atoms with Crippen molar-refractivity contribution in [2.24, 2.45) is 0 Å².